The predicted molar refractivity (Wildman–Crippen MR) is 65.1 cm³/mol. The maximum absolute atomic E-state index is 11.4. The summed E-state index contributed by atoms with van der Waals surface area (Å²) in [7, 11) is 1.90. The molecule has 0 bridgehead atoms. The fourth-order valence-corrected chi connectivity index (χ4v) is 1.97. The lowest BCUT2D eigenvalue weighted by atomic mass is 10.1. The molecule has 1 saturated heterocycles. The van der Waals surface area contributed by atoms with Gasteiger partial charge in [-0.25, -0.2) is 11.4 Å². The van der Waals surface area contributed by atoms with Gasteiger partial charge in [-0.2, -0.15) is 5.10 Å². The van der Waals surface area contributed by atoms with Gasteiger partial charge in [0.2, 0.25) is 0 Å². The SMILES string of the molecule is CC.CN1C[C@@H](N2C=NNN2)CC1C(=O)NN. The Kier molecular flexibility index (Phi) is 5.13. The number of nitrogens with two attached hydrogens (primary N) is 1. The molecule has 1 amide bonds. The zero-order valence-corrected chi connectivity index (χ0v) is 10.5. The topological polar surface area (TPSA) is 98.0 Å². The third-order valence-corrected chi connectivity index (χ3v) is 2.79. The van der Waals surface area contributed by atoms with Crippen molar-refractivity contribution in [1.29, 1.82) is 0 Å². The molecule has 8 nitrogen and oxygen atoms in total. The highest BCUT2D eigenvalue weighted by Gasteiger charge is 2.37. The molecule has 0 aromatic carbocycles. The molecular weight excluding hydrogens is 222 g/mol. The van der Waals surface area contributed by atoms with E-state index >= 15 is 0 Å². The molecule has 8 heteroatoms. The van der Waals surface area contributed by atoms with Gasteiger partial charge < -0.3 is 0 Å². The maximum atomic E-state index is 11.4. The molecule has 2 heterocycles. The Bertz CT molecular complexity index is 283. The van der Waals surface area contributed by atoms with Crippen LogP contribution in [-0.4, -0.2) is 47.8 Å². The van der Waals surface area contributed by atoms with Crippen LogP contribution in [0.2, 0.25) is 0 Å². The van der Waals surface area contributed by atoms with E-state index in [2.05, 4.69) is 21.6 Å². The summed E-state index contributed by atoms with van der Waals surface area (Å²) in [5.41, 5.74) is 7.67. The number of hydrogen-bond acceptors (Lipinski definition) is 7. The van der Waals surface area contributed by atoms with E-state index in [1.807, 2.05) is 30.8 Å². The first-order valence-corrected chi connectivity index (χ1v) is 5.75. The van der Waals surface area contributed by atoms with Crippen LogP contribution in [0.15, 0.2) is 5.10 Å². The molecule has 2 aliphatic rings. The van der Waals surface area contributed by atoms with Gasteiger partial charge in [-0.3, -0.25) is 20.1 Å². The minimum Gasteiger partial charge on any atom is -0.293 e. The van der Waals surface area contributed by atoms with Crippen molar-refractivity contribution in [2.75, 3.05) is 13.6 Å². The van der Waals surface area contributed by atoms with Crippen LogP contribution >= 0.6 is 0 Å². The van der Waals surface area contributed by atoms with Crippen molar-refractivity contribution in [2.24, 2.45) is 10.9 Å². The number of amides is 1. The molecule has 2 aliphatic heterocycles. The molecule has 0 spiro atoms. The first kappa shape index (κ1) is 13.7. The zero-order valence-electron chi connectivity index (χ0n) is 10.5. The summed E-state index contributed by atoms with van der Waals surface area (Å²) in [6, 6.07) is 0.0480. The highest BCUT2D eigenvalue weighted by molar-refractivity contribution is 5.81. The summed E-state index contributed by atoms with van der Waals surface area (Å²) in [5, 5.41) is 5.67. The fraction of sp³-hybridized carbons (Fsp3) is 0.778. The molecular formula is C9H21N7O. The quantitative estimate of drug-likeness (QED) is 0.263. The second kappa shape index (κ2) is 6.38. The van der Waals surface area contributed by atoms with Crippen LogP contribution in [0.25, 0.3) is 0 Å². The van der Waals surface area contributed by atoms with Gasteiger partial charge >= 0.3 is 0 Å². The van der Waals surface area contributed by atoms with Gasteiger partial charge in [0, 0.05) is 6.54 Å². The molecule has 5 N–H and O–H groups in total. The molecule has 2 atom stereocenters. The summed E-state index contributed by atoms with van der Waals surface area (Å²) in [5.74, 6) is 4.97. The van der Waals surface area contributed by atoms with Crippen LogP contribution in [0.3, 0.4) is 0 Å². The number of nitrogens with zero attached hydrogens (tertiary/aromatic N) is 3. The van der Waals surface area contributed by atoms with E-state index in [1.54, 1.807) is 6.34 Å². The van der Waals surface area contributed by atoms with Gasteiger partial charge in [-0.05, 0) is 13.5 Å². The van der Waals surface area contributed by atoms with Crippen molar-refractivity contribution in [2.45, 2.75) is 32.4 Å². The van der Waals surface area contributed by atoms with E-state index in [0.717, 1.165) is 13.0 Å². The first-order chi connectivity index (χ1) is 8.22. The lowest BCUT2D eigenvalue weighted by Crippen LogP contribution is -2.45. The summed E-state index contributed by atoms with van der Waals surface area (Å²) in [6.07, 6.45) is 2.39. The minimum atomic E-state index is -0.171. The van der Waals surface area contributed by atoms with Crippen molar-refractivity contribution in [3.05, 3.63) is 0 Å². The number of likely N-dealkylation sites (tertiary alicyclic amines) is 1. The molecule has 2 rings (SSSR count). The van der Waals surface area contributed by atoms with Crippen LogP contribution in [0.1, 0.15) is 20.3 Å². The van der Waals surface area contributed by atoms with Crippen molar-refractivity contribution in [3.63, 3.8) is 0 Å². The van der Waals surface area contributed by atoms with Gasteiger partial charge in [-0.1, -0.05) is 13.8 Å². The second-order valence-electron chi connectivity index (χ2n) is 3.73. The molecule has 0 radical (unpaired) electrons. The lowest BCUT2D eigenvalue weighted by Gasteiger charge is -2.20. The molecule has 0 aromatic heterocycles. The Balaban J connectivity index is 0.000000686. The molecule has 0 saturated carbocycles. The van der Waals surface area contributed by atoms with Gasteiger partial charge in [0.1, 0.15) is 6.34 Å². The van der Waals surface area contributed by atoms with Crippen LogP contribution in [0.5, 0.6) is 0 Å². The van der Waals surface area contributed by atoms with E-state index in [1.165, 1.54) is 0 Å². The van der Waals surface area contributed by atoms with Crippen LogP contribution in [0, 0.1) is 0 Å². The molecule has 0 aromatic rings. The van der Waals surface area contributed by atoms with E-state index in [4.69, 9.17) is 5.84 Å². The Labute approximate surface area is 101 Å². The Morgan fingerprint density at radius 3 is 2.82 bits per heavy atom. The molecule has 17 heavy (non-hydrogen) atoms. The normalized spacial score (nSPS) is 27.4. The van der Waals surface area contributed by atoms with E-state index in [9.17, 15) is 4.79 Å². The van der Waals surface area contributed by atoms with Crippen molar-refractivity contribution in [3.8, 4) is 0 Å². The molecule has 98 valence electrons. The number of carbonyl (C=O) groups is 1. The lowest BCUT2D eigenvalue weighted by molar-refractivity contribution is -0.125. The summed E-state index contributed by atoms with van der Waals surface area (Å²) in [4.78, 5) is 13.4. The average molecular weight is 243 g/mol. The number of hydrogen-bond donors (Lipinski definition) is 4. The monoisotopic (exact) mass is 243 g/mol. The predicted octanol–water partition coefficient (Wildman–Crippen LogP) is -1.66. The number of nitrogens with one attached hydrogen (secondary N) is 3. The van der Waals surface area contributed by atoms with Crippen LogP contribution in [-0.2, 0) is 4.79 Å². The summed E-state index contributed by atoms with van der Waals surface area (Å²) < 4.78 is 0. The zero-order chi connectivity index (χ0) is 12.8. The van der Waals surface area contributed by atoms with Gasteiger partial charge in [0.15, 0.2) is 0 Å². The number of hydrazine groups is 3. The Hall–Kier alpha value is -1.38. The first-order valence-electron chi connectivity index (χ1n) is 5.75. The summed E-state index contributed by atoms with van der Waals surface area (Å²) >= 11 is 0. The number of carbonyl (C=O) groups excluding carboxylic acids is 1. The Morgan fingerprint density at radius 2 is 2.29 bits per heavy atom. The largest absolute Gasteiger partial charge is 0.293 e. The number of rotatable bonds is 2. The summed E-state index contributed by atoms with van der Waals surface area (Å²) in [6.45, 7) is 4.79. The van der Waals surface area contributed by atoms with Crippen LogP contribution in [0.4, 0.5) is 0 Å². The minimum absolute atomic E-state index is 0.149. The van der Waals surface area contributed by atoms with E-state index in [0.29, 0.717) is 0 Å². The maximum Gasteiger partial charge on any atom is 0.251 e. The van der Waals surface area contributed by atoms with Gasteiger partial charge in [-0.15, -0.1) is 5.53 Å². The molecule has 1 unspecified atom stereocenters. The number of hydrazone groups is 1. The van der Waals surface area contributed by atoms with Crippen LogP contribution < -0.4 is 22.3 Å². The average Bonchev–Trinajstić information content (AvgIpc) is 2.99. The standard InChI is InChI=1S/C7H15N7O.C2H6/c1-13-3-5(14-4-9-11-12-14)2-6(13)7(15)10-8;1-2/h4-6,11-12H,2-3,8H2,1H3,(H,10,15);1-2H3/t5-,6?;/m0./s1. The Morgan fingerprint density at radius 1 is 1.59 bits per heavy atom. The second-order valence-corrected chi connectivity index (χ2v) is 3.73. The molecule has 0 aliphatic carbocycles. The fourth-order valence-electron chi connectivity index (χ4n) is 1.97. The third kappa shape index (κ3) is 3.05. The highest BCUT2D eigenvalue weighted by Crippen LogP contribution is 2.19. The van der Waals surface area contributed by atoms with Gasteiger partial charge in [0.25, 0.3) is 5.91 Å². The van der Waals surface area contributed by atoms with Crippen molar-refractivity contribution < 1.29 is 4.79 Å². The van der Waals surface area contributed by atoms with Gasteiger partial charge in [0.05, 0.1) is 12.1 Å². The van der Waals surface area contributed by atoms with E-state index < -0.39 is 0 Å². The number of likely N-dealkylation sites (N-methyl/N-ethyl adjacent to an activating group) is 1. The van der Waals surface area contributed by atoms with Crippen molar-refractivity contribution >= 4 is 12.2 Å². The van der Waals surface area contributed by atoms with E-state index in [-0.39, 0.29) is 18.0 Å². The van der Waals surface area contributed by atoms with Crippen molar-refractivity contribution in [1.82, 2.24) is 26.4 Å². The highest BCUT2D eigenvalue weighted by atomic mass is 16.2. The smallest absolute Gasteiger partial charge is 0.251 e. The third-order valence-electron chi connectivity index (χ3n) is 2.79. The molecule has 1 fully saturated rings.